The topological polar surface area (TPSA) is 49.3 Å². The highest BCUT2D eigenvalue weighted by atomic mass is 16.4. The van der Waals surface area contributed by atoms with Crippen molar-refractivity contribution < 1.29 is 9.90 Å². The van der Waals surface area contributed by atoms with Gasteiger partial charge in [0.1, 0.15) is 5.54 Å². The van der Waals surface area contributed by atoms with E-state index in [2.05, 4.69) is 5.32 Å². The molecule has 1 aliphatic rings. The van der Waals surface area contributed by atoms with E-state index < -0.39 is 11.5 Å². The summed E-state index contributed by atoms with van der Waals surface area (Å²) in [6.07, 6.45) is 3.04. The van der Waals surface area contributed by atoms with E-state index in [1.165, 1.54) is 12.8 Å². The van der Waals surface area contributed by atoms with Gasteiger partial charge in [0.2, 0.25) is 0 Å². The molecule has 1 aromatic rings. The number of nitrogens with one attached hydrogen (secondary N) is 1. The van der Waals surface area contributed by atoms with Gasteiger partial charge in [-0.05, 0) is 37.8 Å². The van der Waals surface area contributed by atoms with Crippen LogP contribution in [0.3, 0.4) is 0 Å². The third-order valence-corrected chi connectivity index (χ3v) is 3.42. The van der Waals surface area contributed by atoms with Crippen LogP contribution in [0.25, 0.3) is 0 Å². The smallest absolute Gasteiger partial charge is 0.329 e. The Bertz CT molecular complexity index is 426. The molecule has 1 aromatic carbocycles. The third kappa shape index (κ3) is 2.78. The molecule has 92 valence electrons. The van der Waals surface area contributed by atoms with Crippen molar-refractivity contribution >= 4 is 11.7 Å². The van der Waals surface area contributed by atoms with Crippen molar-refractivity contribution in [1.82, 2.24) is 0 Å². The standard InChI is InChI=1S/C14H19NO2/c1-10-5-3-4-6-12(10)15-14(2,13(16)17)9-11-7-8-11/h3-6,11,15H,7-9H2,1-2H3,(H,16,17). The molecule has 0 spiro atoms. The highest BCUT2D eigenvalue weighted by molar-refractivity contribution is 5.82. The predicted molar refractivity (Wildman–Crippen MR) is 68.2 cm³/mol. The van der Waals surface area contributed by atoms with Gasteiger partial charge in [-0.1, -0.05) is 31.0 Å². The van der Waals surface area contributed by atoms with Crippen molar-refractivity contribution in [2.75, 3.05) is 5.32 Å². The third-order valence-electron chi connectivity index (χ3n) is 3.42. The van der Waals surface area contributed by atoms with Gasteiger partial charge < -0.3 is 10.4 Å². The summed E-state index contributed by atoms with van der Waals surface area (Å²) in [5.74, 6) is -0.194. The highest BCUT2D eigenvalue weighted by Crippen LogP contribution is 2.38. The Morgan fingerprint density at radius 2 is 2.12 bits per heavy atom. The lowest BCUT2D eigenvalue weighted by atomic mass is 9.94. The monoisotopic (exact) mass is 233 g/mol. The van der Waals surface area contributed by atoms with Crippen LogP contribution in [0.2, 0.25) is 0 Å². The summed E-state index contributed by atoms with van der Waals surface area (Å²) >= 11 is 0. The van der Waals surface area contributed by atoms with Gasteiger partial charge in [-0.15, -0.1) is 0 Å². The molecule has 0 heterocycles. The van der Waals surface area contributed by atoms with Crippen LogP contribution in [-0.4, -0.2) is 16.6 Å². The number of para-hydroxylation sites is 1. The largest absolute Gasteiger partial charge is 0.480 e. The number of rotatable bonds is 5. The number of carboxylic acids is 1. The van der Waals surface area contributed by atoms with E-state index in [-0.39, 0.29) is 0 Å². The Hall–Kier alpha value is -1.51. The summed E-state index contributed by atoms with van der Waals surface area (Å²) in [6.45, 7) is 3.77. The fourth-order valence-electron chi connectivity index (χ4n) is 2.10. The first-order valence-electron chi connectivity index (χ1n) is 6.08. The number of aliphatic carboxylic acids is 1. The van der Waals surface area contributed by atoms with Crippen molar-refractivity contribution in [3.05, 3.63) is 29.8 Å². The van der Waals surface area contributed by atoms with E-state index in [0.29, 0.717) is 12.3 Å². The maximum absolute atomic E-state index is 11.4. The van der Waals surface area contributed by atoms with E-state index in [0.717, 1.165) is 11.3 Å². The maximum Gasteiger partial charge on any atom is 0.329 e. The van der Waals surface area contributed by atoms with Crippen LogP contribution in [0.15, 0.2) is 24.3 Å². The number of hydrogen-bond acceptors (Lipinski definition) is 2. The Morgan fingerprint density at radius 1 is 1.47 bits per heavy atom. The van der Waals surface area contributed by atoms with Gasteiger partial charge in [0.15, 0.2) is 0 Å². The molecule has 0 aromatic heterocycles. The van der Waals surface area contributed by atoms with Gasteiger partial charge in [-0.3, -0.25) is 0 Å². The predicted octanol–water partition coefficient (Wildman–Crippen LogP) is 3.05. The van der Waals surface area contributed by atoms with Crippen LogP contribution in [0, 0.1) is 12.8 Å². The zero-order valence-corrected chi connectivity index (χ0v) is 10.4. The lowest BCUT2D eigenvalue weighted by molar-refractivity contribution is -0.142. The molecule has 3 heteroatoms. The molecule has 2 rings (SSSR count). The van der Waals surface area contributed by atoms with Gasteiger partial charge in [0.05, 0.1) is 0 Å². The number of carboxylic acid groups (broad SMARTS) is 1. The Labute approximate surface area is 102 Å². The van der Waals surface area contributed by atoms with Gasteiger partial charge in [0, 0.05) is 5.69 Å². The summed E-state index contributed by atoms with van der Waals surface area (Å²) < 4.78 is 0. The fourth-order valence-corrected chi connectivity index (χ4v) is 2.10. The van der Waals surface area contributed by atoms with Crippen molar-refractivity contribution in [2.45, 2.75) is 38.6 Å². The lowest BCUT2D eigenvalue weighted by Crippen LogP contribution is -2.44. The highest BCUT2D eigenvalue weighted by Gasteiger charge is 2.39. The molecule has 1 unspecified atom stereocenters. The molecule has 17 heavy (non-hydrogen) atoms. The zero-order valence-electron chi connectivity index (χ0n) is 10.4. The number of benzene rings is 1. The number of anilines is 1. The minimum absolute atomic E-state index is 0.576. The van der Waals surface area contributed by atoms with Gasteiger partial charge in [-0.25, -0.2) is 4.79 Å². The average Bonchev–Trinajstić information content (AvgIpc) is 3.05. The molecule has 0 radical (unpaired) electrons. The number of aryl methyl sites for hydroxylation is 1. The maximum atomic E-state index is 11.4. The molecule has 0 amide bonds. The van der Waals surface area contributed by atoms with Crippen molar-refractivity contribution in [3.63, 3.8) is 0 Å². The average molecular weight is 233 g/mol. The molecule has 1 atom stereocenters. The van der Waals surface area contributed by atoms with Crippen LogP contribution in [-0.2, 0) is 4.79 Å². The van der Waals surface area contributed by atoms with Crippen molar-refractivity contribution in [2.24, 2.45) is 5.92 Å². The molecule has 1 saturated carbocycles. The van der Waals surface area contributed by atoms with Gasteiger partial charge in [-0.2, -0.15) is 0 Å². The van der Waals surface area contributed by atoms with Crippen molar-refractivity contribution in [3.8, 4) is 0 Å². The Balaban J connectivity index is 2.17. The molecule has 0 bridgehead atoms. The lowest BCUT2D eigenvalue weighted by Gasteiger charge is -2.28. The summed E-state index contributed by atoms with van der Waals surface area (Å²) in [6, 6.07) is 7.80. The van der Waals surface area contributed by atoms with E-state index in [9.17, 15) is 9.90 Å². The zero-order chi connectivity index (χ0) is 12.5. The second kappa shape index (κ2) is 4.40. The Kier molecular flexibility index (Phi) is 3.09. The van der Waals surface area contributed by atoms with E-state index in [1.807, 2.05) is 31.2 Å². The Morgan fingerprint density at radius 3 is 2.65 bits per heavy atom. The van der Waals surface area contributed by atoms with Crippen LogP contribution in [0.1, 0.15) is 31.7 Å². The molecular formula is C14H19NO2. The van der Waals surface area contributed by atoms with Crippen LogP contribution in [0.4, 0.5) is 5.69 Å². The first kappa shape index (κ1) is 12.0. The summed E-state index contributed by atoms with van der Waals surface area (Å²) in [5.41, 5.74) is 1.14. The molecule has 1 fully saturated rings. The molecule has 1 aliphatic carbocycles. The second-order valence-corrected chi connectivity index (χ2v) is 5.22. The quantitative estimate of drug-likeness (QED) is 0.821. The first-order chi connectivity index (χ1) is 8.01. The van der Waals surface area contributed by atoms with Crippen molar-refractivity contribution in [1.29, 1.82) is 0 Å². The van der Waals surface area contributed by atoms with Crippen LogP contribution in [0.5, 0.6) is 0 Å². The summed E-state index contributed by atoms with van der Waals surface area (Å²) in [4.78, 5) is 11.4. The SMILES string of the molecule is Cc1ccccc1NC(C)(CC1CC1)C(=O)O. The van der Waals surface area contributed by atoms with E-state index in [1.54, 1.807) is 6.92 Å². The summed E-state index contributed by atoms with van der Waals surface area (Å²) in [7, 11) is 0. The first-order valence-corrected chi connectivity index (χ1v) is 6.08. The van der Waals surface area contributed by atoms with E-state index >= 15 is 0 Å². The van der Waals surface area contributed by atoms with Gasteiger partial charge >= 0.3 is 5.97 Å². The molecule has 3 nitrogen and oxygen atoms in total. The summed E-state index contributed by atoms with van der Waals surface area (Å²) in [5, 5.41) is 12.6. The number of carbonyl (C=O) groups is 1. The van der Waals surface area contributed by atoms with Gasteiger partial charge in [0.25, 0.3) is 0 Å². The molecular weight excluding hydrogens is 214 g/mol. The molecule has 0 aliphatic heterocycles. The number of hydrogen-bond donors (Lipinski definition) is 2. The molecule has 0 saturated heterocycles. The molecule has 2 N–H and O–H groups in total. The van der Waals surface area contributed by atoms with Crippen LogP contribution >= 0.6 is 0 Å². The minimum Gasteiger partial charge on any atom is -0.480 e. The minimum atomic E-state index is -0.854. The van der Waals surface area contributed by atoms with E-state index in [4.69, 9.17) is 0 Å². The fraction of sp³-hybridized carbons (Fsp3) is 0.500. The normalized spacial score (nSPS) is 18.5. The van der Waals surface area contributed by atoms with Crippen LogP contribution < -0.4 is 5.32 Å². The second-order valence-electron chi connectivity index (χ2n) is 5.22.